The summed E-state index contributed by atoms with van der Waals surface area (Å²) in [6.45, 7) is -0.862. The van der Waals surface area contributed by atoms with E-state index in [2.05, 4.69) is 14.7 Å². The molecule has 0 aliphatic carbocycles. The molecule has 1 rings (SSSR count). The molecule has 0 saturated heterocycles. The van der Waals surface area contributed by atoms with Crippen LogP contribution in [0.2, 0.25) is 0 Å². The van der Waals surface area contributed by atoms with Gasteiger partial charge in [-0.15, -0.1) is 0 Å². The summed E-state index contributed by atoms with van der Waals surface area (Å²) < 4.78 is 15.8. The van der Waals surface area contributed by atoms with Crippen LogP contribution in [0.1, 0.15) is 0 Å². The first-order valence-electron chi connectivity index (χ1n) is 2.38. The molecule has 0 bridgehead atoms. The summed E-state index contributed by atoms with van der Waals surface area (Å²) in [7, 11) is 0. The lowest BCUT2D eigenvalue weighted by atomic mass is 10.7. The molecule has 1 aromatic rings. The molecule has 3 nitrogen and oxygen atoms in total. The van der Waals surface area contributed by atoms with Crippen molar-refractivity contribution in [1.29, 1.82) is 0 Å². The lowest BCUT2D eigenvalue weighted by Crippen LogP contribution is -1.92. The standard InChI is InChI=1S/C5H5FN2O/c6-4-9-5-3-7-1-2-8-5/h1-3H,4H2. The molecule has 1 aromatic heterocycles. The van der Waals surface area contributed by atoms with Gasteiger partial charge in [-0.25, -0.2) is 9.37 Å². The van der Waals surface area contributed by atoms with Crippen molar-refractivity contribution in [2.75, 3.05) is 6.86 Å². The number of ether oxygens (including phenoxy) is 1. The third-order valence-electron chi connectivity index (χ3n) is 0.742. The number of rotatable bonds is 2. The van der Waals surface area contributed by atoms with Gasteiger partial charge < -0.3 is 4.74 Å². The van der Waals surface area contributed by atoms with Gasteiger partial charge in [0.15, 0.2) is 0 Å². The minimum Gasteiger partial charge on any atom is -0.445 e. The molecule has 48 valence electrons. The Bertz CT molecular complexity index is 168. The van der Waals surface area contributed by atoms with Crippen LogP contribution in [0.15, 0.2) is 18.6 Å². The van der Waals surface area contributed by atoms with Crippen LogP contribution in [0.4, 0.5) is 4.39 Å². The van der Waals surface area contributed by atoms with E-state index in [-0.39, 0.29) is 5.88 Å². The van der Waals surface area contributed by atoms with Crippen molar-refractivity contribution in [3.05, 3.63) is 18.6 Å². The normalized spacial score (nSPS) is 9.00. The van der Waals surface area contributed by atoms with Crippen LogP contribution < -0.4 is 4.74 Å². The molecule has 0 atom stereocenters. The smallest absolute Gasteiger partial charge is 0.234 e. The molecule has 0 N–H and O–H groups in total. The van der Waals surface area contributed by atoms with Crippen molar-refractivity contribution in [2.45, 2.75) is 0 Å². The fourth-order valence-corrected chi connectivity index (χ4v) is 0.416. The van der Waals surface area contributed by atoms with Gasteiger partial charge in [0.05, 0.1) is 6.20 Å². The van der Waals surface area contributed by atoms with E-state index in [1.807, 2.05) is 0 Å². The van der Waals surface area contributed by atoms with Gasteiger partial charge in [0.1, 0.15) is 0 Å². The van der Waals surface area contributed by atoms with Crippen LogP contribution in [-0.2, 0) is 0 Å². The predicted molar refractivity (Wildman–Crippen MR) is 28.6 cm³/mol. The second-order valence-electron chi connectivity index (χ2n) is 1.30. The molecular weight excluding hydrogens is 123 g/mol. The summed E-state index contributed by atoms with van der Waals surface area (Å²) in [5.74, 6) is 0.208. The minimum atomic E-state index is -0.862. The van der Waals surface area contributed by atoms with Crippen LogP contribution in [0.5, 0.6) is 5.88 Å². The Morgan fingerprint density at radius 3 is 3.00 bits per heavy atom. The van der Waals surface area contributed by atoms with Crippen LogP contribution in [-0.4, -0.2) is 16.8 Å². The largest absolute Gasteiger partial charge is 0.445 e. The maximum absolute atomic E-state index is 11.4. The lowest BCUT2D eigenvalue weighted by Gasteiger charge is -1.94. The van der Waals surface area contributed by atoms with Gasteiger partial charge in [0.25, 0.3) is 0 Å². The highest BCUT2D eigenvalue weighted by molar-refractivity contribution is 5.00. The molecule has 9 heavy (non-hydrogen) atoms. The average Bonchev–Trinajstić information content (AvgIpc) is 1.91. The van der Waals surface area contributed by atoms with E-state index in [0.717, 1.165) is 0 Å². The van der Waals surface area contributed by atoms with E-state index in [0.29, 0.717) is 0 Å². The molecule has 0 radical (unpaired) electrons. The molecule has 0 aliphatic rings. The molecule has 4 heteroatoms. The number of nitrogens with zero attached hydrogens (tertiary/aromatic N) is 2. The fraction of sp³-hybridized carbons (Fsp3) is 0.200. The number of halogens is 1. The number of aromatic nitrogens is 2. The first kappa shape index (κ1) is 5.94. The molecule has 0 aromatic carbocycles. The van der Waals surface area contributed by atoms with E-state index >= 15 is 0 Å². The fourth-order valence-electron chi connectivity index (χ4n) is 0.416. The van der Waals surface area contributed by atoms with Crippen LogP contribution in [0, 0.1) is 0 Å². The second-order valence-corrected chi connectivity index (χ2v) is 1.30. The van der Waals surface area contributed by atoms with E-state index in [1.54, 1.807) is 0 Å². The quantitative estimate of drug-likeness (QED) is 0.590. The van der Waals surface area contributed by atoms with Crippen molar-refractivity contribution >= 4 is 0 Å². The second kappa shape index (κ2) is 2.96. The van der Waals surface area contributed by atoms with Gasteiger partial charge in [0, 0.05) is 12.4 Å². The van der Waals surface area contributed by atoms with Crippen molar-refractivity contribution in [3.63, 3.8) is 0 Å². The summed E-state index contributed by atoms with van der Waals surface area (Å²) in [6.07, 6.45) is 4.27. The first-order valence-corrected chi connectivity index (χ1v) is 2.38. The number of hydrogen-bond donors (Lipinski definition) is 0. The number of hydrogen-bond acceptors (Lipinski definition) is 3. The van der Waals surface area contributed by atoms with Gasteiger partial charge >= 0.3 is 0 Å². The average molecular weight is 128 g/mol. The molecule has 0 amide bonds. The van der Waals surface area contributed by atoms with Crippen molar-refractivity contribution in [3.8, 4) is 5.88 Å². The third-order valence-corrected chi connectivity index (χ3v) is 0.742. The van der Waals surface area contributed by atoms with Gasteiger partial charge in [-0.1, -0.05) is 0 Å². The van der Waals surface area contributed by atoms with Gasteiger partial charge in [-0.2, -0.15) is 0 Å². The van der Waals surface area contributed by atoms with Crippen LogP contribution in [0.3, 0.4) is 0 Å². The maximum Gasteiger partial charge on any atom is 0.234 e. The molecule has 0 unspecified atom stereocenters. The monoisotopic (exact) mass is 128 g/mol. The molecule has 0 spiro atoms. The molecule has 0 saturated carbocycles. The van der Waals surface area contributed by atoms with Crippen molar-refractivity contribution < 1.29 is 9.13 Å². The Morgan fingerprint density at radius 1 is 1.56 bits per heavy atom. The minimum absolute atomic E-state index is 0.208. The SMILES string of the molecule is FCOc1cnccn1. The molecule has 0 aliphatic heterocycles. The highest BCUT2D eigenvalue weighted by atomic mass is 19.1. The molecular formula is C5H5FN2O. The Kier molecular flexibility index (Phi) is 1.95. The Balaban J connectivity index is 2.61. The summed E-state index contributed by atoms with van der Waals surface area (Å²) in [5.41, 5.74) is 0. The highest BCUT2D eigenvalue weighted by Gasteiger charge is 1.88. The summed E-state index contributed by atoms with van der Waals surface area (Å²) in [5, 5.41) is 0. The maximum atomic E-state index is 11.4. The van der Waals surface area contributed by atoms with E-state index < -0.39 is 6.86 Å². The topological polar surface area (TPSA) is 35.0 Å². The Morgan fingerprint density at radius 2 is 2.44 bits per heavy atom. The van der Waals surface area contributed by atoms with Gasteiger partial charge in [0.2, 0.25) is 12.7 Å². The molecule has 0 fully saturated rings. The Labute approximate surface area is 51.5 Å². The van der Waals surface area contributed by atoms with Crippen molar-refractivity contribution in [1.82, 2.24) is 9.97 Å². The van der Waals surface area contributed by atoms with E-state index in [9.17, 15) is 4.39 Å². The highest BCUT2D eigenvalue weighted by Crippen LogP contribution is 1.99. The lowest BCUT2D eigenvalue weighted by molar-refractivity contribution is 0.184. The zero-order valence-corrected chi connectivity index (χ0v) is 4.62. The summed E-state index contributed by atoms with van der Waals surface area (Å²) in [6, 6.07) is 0. The van der Waals surface area contributed by atoms with Crippen LogP contribution in [0.25, 0.3) is 0 Å². The number of alkyl halides is 1. The Hall–Kier alpha value is -1.19. The van der Waals surface area contributed by atoms with Gasteiger partial charge in [-0.05, 0) is 0 Å². The van der Waals surface area contributed by atoms with Crippen molar-refractivity contribution in [2.24, 2.45) is 0 Å². The molecule has 1 heterocycles. The third kappa shape index (κ3) is 1.64. The summed E-state index contributed by atoms with van der Waals surface area (Å²) in [4.78, 5) is 7.29. The summed E-state index contributed by atoms with van der Waals surface area (Å²) >= 11 is 0. The van der Waals surface area contributed by atoms with Gasteiger partial charge in [-0.3, -0.25) is 4.98 Å². The zero-order chi connectivity index (χ0) is 6.53. The zero-order valence-electron chi connectivity index (χ0n) is 4.62. The predicted octanol–water partition coefficient (Wildman–Crippen LogP) is 0.782. The van der Waals surface area contributed by atoms with Crippen LogP contribution >= 0.6 is 0 Å². The van der Waals surface area contributed by atoms with E-state index in [1.165, 1.54) is 18.6 Å². The first-order chi connectivity index (χ1) is 4.43. The van der Waals surface area contributed by atoms with E-state index in [4.69, 9.17) is 0 Å².